The lowest BCUT2D eigenvalue weighted by atomic mass is 9.98. The summed E-state index contributed by atoms with van der Waals surface area (Å²) in [6, 6.07) is 18.3. The average molecular weight is 585 g/mol. The highest BCUT2D eigenvalue weighted by Gasteiger charge is 2.38. The van der Waals surface area contributed by atoms with Gasteiger partial charge in [0.1, 0.15) is 0 Å². The lowest BCUT2D eigenvalue weighted by Crippen LogP contribution is -2.21. The van der Waals surface area contributed by atoms with Gasteiger partial charge in [0.25, 0.3) is 0 Å². The van der Waals surface area contributed by atoms with Crippen molar-refractivity contribution in [1.29, 1.82) is 0 Å². The lowest BCUT2D eigenvalue weighted by Gasteiger charge is -2.09. The Morgan fingerprint density at radius 2 is 1.48 bits per heavy atom. The van der Waals surface area contributed by atoms with Gasteiger partial charge in [-0.3, -0.25) is 9.36 Å². The van der Waals surface area contributed by atoms with E-state index in [-0.39, 0.29) is 17.0 Å². The molecule has 0 atom stereocenters. The summed E-state index contributed by atoms with van der Waals surface area (Å²) in [7, 11) is 1.27. The standard InChI is InChI=1S/C27H22N2O6.C2HF3O2/c1-15-13-21-22(14-20(15)27(34)35-3)29(16(2)30)25(31)23(21)24(17-7-5-4-6-8-17)28-19-11-9-18(10-12-19)26(32)33;3-2(4,5)1(6)7/h4-14,31H,1-3H3,(H,32,33);(H,6,7). The molecule has 3 N–H and O–H groups in total. The van der Waals surface area contributed by atoms with Crippen molar-refractivity contribution in [1.82, 2.24) is 4.57 Å². The van der Waals surface area contributed by atoms with Gasteiger partial charge in [0.2, 0.25) is 11.8 Å². The van der Waals surface area contributed by atoms with E-state index < -0.39 is 30.0 Å². The first-order chi connectivity index (χ1) is 19.7. The lowest BCUT2D eigenvalue weighted by molar-refractivity contribution is -0.192. The van der Waals surface area contributed by atoms with E-state index in [4.69, 9.17) is 19.6 Å². The number of halogens is 3. The summed E-state index contributed by atoms with van der Waals surface area (Å²) < 4.78 is 37.7. The van der Waals surface area contributed by atoms with Crippen LogP contribution in [0, 0.1) is 6.92 Å². The SMILES string of the molecule is COC(=O)c1cc2c(cc1C)c(C(=Nc1ccc(C(=O)O)cc1)c1ccccc1)c(O)n2C(C)=O.O=C(O)C(F)(F)F. The van der Waals surface area contributed by atoms with Crippen LogP contribution >= 0.6 is 0 Å². The molecule has 0 aliphatic rings. The Bertz CT molecular complexity index is 1710. The molecule has 0 spiro atoms. The number of carboxylic acids is 2. The molecule has 42 heavy (non-hydrogen) atoms. The number of aromatic carboxylic acids is 1. The summed E-state index contributed by atoms with van der Waals surface area (Å²) in [5, 5.41) is 28.1. The van der Waals surface area contributed by atoms with Crippen molar-refractivity contribution in [2.75, 3.05) is 7.11 Å². The van der Waals surface area contributed by atoms with Crippen LogP contribution in [0.25, 0.3) is 10.9 Å². The highest BCUT2D eigenvalue weighted by Crippen LogP contribution is 2.36. The van der Waals surface area contributed by atoms with E-state index >= 15 is 0 Å². The maximum atomic E-state index is 12.5. The number of ether oxygens (including phenoxy) is 1. The molecule has 218 valence electrons. The number of hydrogen-bond donors (Lipinski definition) is 3. The van der Waals surface area contributed by atoms with E-state index in [9.17, 15) is 37.8 Å². The van der Waals surface area contributed by atoms with Crippen molar-refractivity contribution in [3.63, 3.8) is 0 Å². The molecule has 0 unspecified atom stereocenters. The van der Waals surface area contributed by atoms with Gasteiger partial charge in [0, 0.05) is 17.9 Å². The number of nitrogens with zero attached hydrogens (tertiary/aromatic N) is 2. The molecule has 0 amide bonds. The number of benzene rings is 3. The van der Waals surface area contributed by atoms with Gasteiger partial charge < -0.3 is 20.1 Å². The molecule has 4 rings (SSSR count). The van der Waals surface area contributed by atoms with Crippen LogP contribution in [0.15, 0.2) is 71.7 Å². The number of carbonyl (C=O) groups excluding carboxylic acids is 2. The molecule has 1 aromatic heterocycles. The van der Waals surface area contributed by atoms with Gasteiger partial charge in [-0.25, -0.2) is 19.4 Å². The fourth-order valence-corrected chi connectivity index (χ4v) is 3.98. The van der Waals surface area contributed by atoms with Gasteiger partial charge in [0.15, 0.2) is 0 Å². The van der Waals surface area contributed by atoms with Gasteiger partial charge in [-0.2, -0.15) is 13.2 Å². The van der Waals surface area contributed by atoms with Crippen molar-refractivity contribution < 1.29 is 52.4 Å². The molecule has 0 saturated heterocycles. The largest absolute Gasteiger partial charge is 0.494 e. The molecule has 13 heteroatoms. The van der Waals surface area contributed by atoms with Crippen LogP contribution in [-0.4, -0.2) is 62.7 Å². The van der Waals surface area contributed by atoms with Crippen molar-refractivity contribution in [2.45, 2.75) is 20.0 Å². The summed E-state index contributed by atoms with van der Waals surface area (Å²) in [5.41, 5.74) is 3.14. The van der Waals surface area contributed by atoms with Crippen molar-refractivity contribution in [3.05, 3.63) is 94.5 Å². The van der Waals surface area contributed by atoms with Crippen molar-refractivity contribution in [3.8, 4) is 5.88 Å². The molecular weight excluding hydrogens is 561 g/mol. The first kappa shape index (κ1) is 31.1. The predicted octanol–water partition coefficient (Wildman–Crippen LogP) is 5.60. The molecule has 0 bridgehead atoms. The number of carboxylic acid groups (broad SMARTS) is 2. The number of methoxy groups -OCH3 is 1. The van der Waals surface area contributed by atoms with Crippen molar-refractivity contribution >= 4 is 46.1 Å². The summed E-state index contributed by atoms with van der Waals surface area (Å²) in [4.78, 5) is 49.7. The number of aromatic hydroxyl groups is 1. The second-order valence-corrected chi connectivity index (χ2v) is 8.71. The van der Waals surface area contributed by atoms with Gasteiger partial charge in [-0.15, -0.1) is 0 Å². The number of carbonyl (C=O) groups is 4. The Morgan fingerprint density at radius 3 is 1.95 bits per heavy atom. The van der Waals surface area contributed by atoms with Crippen LogP contribution in [0.2, 0.25) is 0 Å². The van der Waals surface area contributed by atoms with Crippen LogP contribution < -0.4 is 0 Å². The average Bonchev–Trinajstić information content (AvgIpc) is 3.21. The topological polar surface area (TPSA) is 155 Å². The van der Waals surface area contributed by atoms with Crippen LogP contribution in [0.1, 0.15) is 49.1 Å². The number of aryl methyl sites for hydroxylation is 1. The first-order valence-electron chi connectivity index (χ1n) is 11.9. The number of alkyl halides is 3. The zero-order chi connectivity index (χ0) is 31.4. The van der Waals surface area contributed by atoms with Crippen molar-refractivity contribution in [2.24, 2.45) is 4.99 Å². The number of hydrogen-bond acceptors (Lipinski definition) is 7. The Kier molecular flexibility index (Phi) is 9.15. The number of rotatable bonds is 5. The molecule has 0 radical (unpaired) electrons. The molecule has 3 aromatic carbocycles. The normalized spacial score (nSPS) is 11.4. The third-order valence-corrected chi connectivity index (χ3v) is 5.89. The molecule has 0 aliphatic heterocycles. The number of esters is 1. The third-order valence-electron chi connectivity index (χ3n) is 5.89. The maximum Gasteiger partial charge on any atom is 0.490 e. The van der Waals surface area contributed by atoms with Crippen LogP contribution in [0.3, 0.4) is 0 Å². The maximum absolute atomic E-state index is 12.5. The molecule has 4 aromatic rings. The Morgan fingerprint density at radius 1 is 0.905 bits per heavy atom. The summed E-state index contributed by atoms with van der Waals surface area (Å²) >= 11 is 0. The monoisotopic (exact) mass is 584 g/mol. The molecule has 0 fully saturated rings. The number of fused-ring (bicyclic) bond motifs is 1. The highest BCUT2D eigenvalue weighted by atomic mass is 19.4. The first-order valence-corrected chi connectivity index (χ1v) is 11.9. The smallest absolute Gasteiger partial charge is 0.490 e. The Hall–Kier alpha value is -5.46. The summed E-state index contributed by atoms with van der Waals surface area (Å²) in [5.74, 6) is -5.14. The minimum Gasteiger partial charge on any atom is -0.494 e. The number of aliphatic carboxylic acids is 1. The van der Waals surface area contributed by atoms with Gasteiger partial charge in [-0.05, 0) is 48.9 Å². The van der Waals surface area contributed by atoms with Crippen LogP contribution in [-0.2, 0) is 9.53 Å². The molecule has 1 heterocycles. The van der Waals surface area contributed by atoms with Crippen LogP contribution in [0.4, 0.5) is 18.9 Å². The van der Waals surface area contributed by atoms with E-state index in [1.165, 1.54) is 32.2 Å². The van der Waals surface area contributed by atoms with Gasteiger partial charge >= 0.3 is 24.1 Å². The summed E-state index contributed by atoms with van der Waals surface area (Å²) in [6.45, 7) is 3.05. The second-order valence-electron chi connectivity index (χ2n) is 8.71. The second kappa shape index (κ2) is 12.4. The van der Waals surface area contributed by atoms with E-state index in [2.05, 4.69) is 0 Å². The number of aliphatic imine (C=N–C) groups is 1. The number of aromatic nitrogens is 1. The van der Waals surface area contributed by atoms with Gasteiger partial charge in [0.05, 0.1) is 40.7 Å². The van der Waals surface area contributed by atoms with E-state index in [0.29, 0.717) is 39.0 Å². The fourth-order valence-electron chi connectivity index (χ4n) is 3.98. The Labute approximate surface area is 235 Å². The molecule has 0 aliphatic carbocycles. The van der Waals surface area contributed by atoms with E-state index in [0.717, 1.165) is 4.57 Å². The van der Waals surface area contributed by atoms with E-state index in [1.54, 1.807) is 25.1 Å². The zero-order valence-electron chi connectivity index (χ0n) is 22.3. The van der Waals surface area contributed by atoms with Gasteiger partial charge in [-0.1, -0.05) is 30.3 Å². The third kappa shape index (κ3) is 6.63. The van der Waals surface area contributed by atoms with Crippen LogP contribution in [0.5, 0.6) is 5.88 Å². The molecule has 0 saturated carbocycles. The minimum atomic E-state index is -5.08. The molecular formula is C29H23F3N2O8. The molecule has 10 nitrogen and oxygen atoms in total. The Balaban J connectivity index is 0.000000616. The predicted molar refractivity (Wildman–Crippen MR) is 145 cm³/mol. The fraction of sp³-hybridized carbons (Fsp3) is 0.138. The highest BCUT2D eigenvalue weighted by molar-refractivity contribution is 6.23. The zero-order valence-corrected chi connectivity index (χ0v) is 22.3. The minimum absolute atomic E-state index is 0.118. The summed E-state index contributed by atoms with van der Waals surface area (Å²) in [6.07, 6.45) is -5.08. The quantitative estimate of drug-likeness (QED) is 0.202. The van der Waals surface area contributed by atoms with E-state index in [1.807, 2.05) is 30.3 Å².